The summed E-state index contributed by atoms with van der Waals surface area (Å²) in [7, 11) is 1.60. The Morgan fingerprint density at radius 2 is 1.81 bits per heavy atom. The molecule has 8 heteroatoms. The number of nitrogens with zero attached hydrogens (tertiary/aromatic N) is 1. The molecule has 0 aliphatic carbocycles. The molecule has 1 aromatic heterocycles. The second kappa shape index (κ2) is 8.33. The number of benzene rings is 2. The first kappa shape index (κ1) is 18.4. The van der Waals surface area contributed by atoms with Crippen molar-refractivity contribution in [3.8, 4) is 11.5 Å². The summed E-state index contributed by atoms with van der Waals surface area (Å²) in [6.45, 7) is 0.318. The van der Waals surface area contributed by atoms with Gasteiger partial charge in [0.1, 0.15) is 23.0 Å². The number of nitrogens with one attached hydrogen (secondary N) is 1. The zero-order valence-electron chi connectivity index (χ0n) is 14.4. The minimum Gasteiger partial charge on any atom is -0.497 e. The number of anilines is 1. The summed E-state index contributed by atoms with van der Waals surface area (Å²) in [4.78, 5) is 23.1. The Labute approximate surface area is 159 Å². The zero-order chi connectivity index (χ0) is 19.2. The van der Waals surface area contributed by atoms with Gasteiger partial charge in [0.25, 0.3) is 11.6 Å². The molecule has 0 spiro atoms. The number of thiophene rings is 1. The second-order valence-electron chi connectivity index (χ2n) is 5.51. The lowest BCUT2D eigenvalue weighted by Crippen LogP contribution is -2.11. The van der Waals surface area contributed by atoms with Crippen LogP contribution in [0.4, 0.5) is 11.4 Å². The highest BCUT2D eigenvalue weighted by atomic mass is 32.1. The average Bonchev–Trinajstić information content (AvgIpc) is 3.16. The van der Waals surface area contributed by atoms with Gasteiger partial charge in [-0.05, 0) is 41.3 Å². The van der Waals surface area contributed by atoms with Crippen molar-refractivity contribution in [1.82, 2.24) is 0 Å². The molecule has 0 bridgehead atoms. The summed E-state index contributed by atoms with van der Waals surface area (Å²) in [5, 5.41) is 15.2. The van der Waals surface area contributed by atoms with Gasteiger partial charge in [0, 0.05) is 17.8 Å². The molecular weight excluding hydrogens is 368 g/mol. The number of nitro benzene ring substituents is 1. The van der Waals surface area contributed by atoms with Crippen molar-refractivity contribution < 1.29 is 19.2 Å². The van der Waals surface area contributed by atoms with Crippen LogP contribution < -0.4 is 14.8 Å². The Morgan fingerprint density at radius 1 is 1.11 bits per heavy atom. The fourth-order valence-electron chi connectivity index (χ4n) is 2.31. The molecule has 0 aliphatic rings. The molecule has 0 radical (unpaired) electrons. The topological polar surface area (TPSA) is 90.7 Å². The Balaban J connectivity index is 1.64. The molecule has 138 valence electrons. The van der Waals surface area contributed by atoms with Crippen molar-refractivity contribution in [3.05, 3.63) is 80.5 Å². The molecule has 0 saturated heterocycles. The Hall–Kier alpha value is -3.39. The highest BCUT2D eigenvalue weighted by Crippen LogP contribution is 2.27. The van der Waals surface area contributed by atoms with Crippen molar-refractivity contribution in [2.24, 2.45) is 0 Å². The van der Waals surface area contributed by atoms with Crippen LogP contribution in [0.1, 0.15) is 15.2 Å². The van der Waals surface area contributed by atoms with E-state index >= 15 is 0 Å². The largest absolute Gasteiger partial charge is 0.497 e. The zero-order valence-corrected chi connectivity index (χ0v) is 15.2. The maximum atomic E-state index is 12.5. The van der Waals surface area contributed by atoms with E-state index in [9.17, 15) is 14.9 Å². The van der Waals surface area contributed by atoms with E-state index in [1.807, 2.05) is 24.3 Å². The normalized spacial score (nSPS) is 10.3. The molecule has 2 aromatic carbocycles. The molecule has 0 fully saturated rings. The molecule has 27 heavy (non-hydrogen) atoms. The van der Waals surface area contributed by atoms with Crippen LogP contribution in [-0.4, -0.2) is 17.9 Å². The summed E-state index contributed by atoms with van der Waals surface area (Å²) >= 11 is 1.26. The van der Waals surface area contributed by atoms with Crippen LogP contribution in [-0.2, 0) is 6.61 Å². The third-order valence-electron chi connectivity index (χ3n) is 3.72. The van der Waals surface area contributed by atoms with Crippen LogP contribution in [0.15, 0.2) is 60.0 Å². The van der Waals surface area contributed by atoms with Crippen molar-refractivity contribution in [3.63, 3.8) is 0 Å². The molecular formula is C19H16N2O5S. The molecule has 1 heterocycles. The van der Waals surface area contributed by atoms with Crippen LogP contribution in [0.25, 0.3) is 0 Å². The first-order valence-corrected chi connectivity index (χ1v) is 8.84. The molecule has 1 amide bonds. The van der Waals surface area contributed by atoms with Crippen molar-refractivity contribution in [2.75, 3.05) is 12.4 Å². The molecule has 0 aliphatic heterocycles. The fourth-order valence-corrected chi connectivity index (χ4v) is 3.04. The average molecular weight is 384 g/mol. The Morgan fingerprint density at radius 3 is 2.44 bits per heavy atom. The SMILES string of the molecule is COc1ccc(COc2ccsc2C(=O)Nc2ccc([N+](=O)[O-])cc2)cc1. The molecule has 3 rings (SSSR count). The standard InChI is InChI=1S/C19H16N2O5S/c1-25-16-8-2-13(3-9-16)12-26-17-10-11-27-18(17)19(22)20-14-4-6-15(7-5-14)21(23)24/h2-11H,12H2,1H3,(H,20,22). The summed E-state index contributed by atoms with van der Waals surface area (Å²) in [5.41, 5.74) is 1.39. The number of hydrogen-bond acceptors (Lipinski definition) is 6. The number of carbonyl (C=O) groups excluding carboxylic acids is 1. The predicted molar refractivity (Wildman–Crippen MR) is 103 cm³/mol. The smallest absolute Gasteiger partial charge is 0.269 e. The molecule has 0 unspecified atom stereocenters. The number of hydrogen-bond donors (Lipinski definition) is 1. The van der Waals surface area contributed by atoms with Crippen molar-refractivity contribution in [1.29, 1.82) is 0 Å². The summed E-state index contributed by atoms with van der Waals surface area (Å²) in [5.74, 6) is 0.913. The maximum Gasteiger partial charge on any atom is 0.269 e. The van der Waals surface area contributed by atoms with Gasteiger partial charge in [-0.2, -0.15) is 0 Å². The number of non-ortho nitro benzene ring substituents is 1. The van der Waals surface area contributed by atoms with Gasteiger partial charge in [-0.1, -0.05) is 12.1 Å². The van der Waals surface area contributed by atoms with Gasteiger partial charge in [0.15, 0.2) is 0 Å². The minimum absolute atomic E-state index is 0.0346. The van der Waals surface area contributed by atoms with Gasteiger partial charge >= 0.3 is 0 Å². The monoisotopic (exact) mass is 384 g/mol. The van der Waals surface area contributed by atoms with Crippen molar-refractivity contribution >= 4 is 28.6 Å². The van der Waals surface area contributed by atoms with Crippen LogP contribution in [0.3, 0.4) is 0 Å². The molecule has 1 N–H and O–H groups in total. The van der Waals surface area contributed by atoms with E-state index in [1.54, 1.807) is 18.6 Å². The predicted octanol–water partition coefficient (Wildman–Crippen LogP) is 4.50. The Bertz CT molecular complexity index is 935. The van der Waals surface area contributed by atoms with Crippen LogP contribution in [0, 0.1) is 10.1 Å². The van der Waals surface area contributed by atoms with Crippen LogP contribution in [0.5, 0.6) is 11.5 Å². The first-order valence-electron chi connectivity index (χ1n) is 7.96. The molecule has 7 nitrogen and oxygen atoms in total. The van der Waals surface area contributed by atoms with Gasteiger partial charge in [-0.3, -0.25) is 14.9 Å². The van der Waals surface area contributed by atoms with Gasteiger partial charge in [0.2, 0.25) is 0 Å². The summed E-state index contributed by atoms with van der Waals surface area (Å²) < 4.78 is 10.9. The van der Waals surface area contributed by atoms with E-state index in [1.165, 1.54) is 35.6 Å². The fraction of sp³-hybridized carbons (Fsp3) is 0.105. The van der Waals surface area contributed by atoms with E-state index in [-0.39, 0.29) is 11.6 Å². The van der Waals surface area contributed by atoms with Crippen LogP contribution >= 0.6 is 11.3 Å². The van der Waals surface area contributed by atoms with Crippen molar-refractivity contribution in [2.45, 2.75) is 6.61 Å². The van der Waals surface area contributed by atoms with Crippen LogP contribution in [0.2, 0.25) is 0 Å². The Kier molecular flexibility index (Phi) is 5.68. The number of carbonyl (C=O) groups is 1. The quantitative estimate of drug-likeness (QED) is 0.478. The number of nitro groups is 1. The molecule has 0 saturated carbocycles. The van der Waals surface area contributed by atoms with E-state index in [2.05, 4.69) is 5.32 Å². The lowest BCUT2D eigenvalue weighted by Gasteiger charge is -2.09. The van der Waals surface area contributed by atoms with E-state index in [0.717, 1.165) is 11.3 Å². The second-order valence-corrected chi connectivity index (χ2v) is 6.42. The van der Waals surface area contributed by atoms with Gasteiger partial charge < -0.3 is 14.8 Å². The third-order valence-corrected chi connectivity index (χ3v) is 4.62. The van der Waals surface area contributed by atoms with Gasteiger partial charge in [0.05, 0.1) is 12.0 Å². The summed E-state index contributed by atoms with van der Waals surface area (Å²) in [6, 6.07) is 14.9. The number of rotatable bonds is 7. The molecule has 3 aromatic rings. The van der Waals surface area contributed by atoms with Gasteiger partial charge in [-0.15, -0.1) is 11.3 Å². The van der Waals surface area contributed by atoms with Gasteiger partial charge in [-0.25, -0.2) is 0 Å². The number of amides is 1. The highest BCUT2D eigenvalue weighted by molar-refractivity contribution is 7.12. The summed E-state index contributed by atoms with van der Waals surface area (Å²) in [6.07, 6.45) is 0. The third kappa shape index (κ3) is 4.62. The van der Waals surface area contributed by atoms with E-state index in [4.69, 9.17) is 9.47 Å². The lowest BCUT2D eigenvalue weighted by molar-refractivity contribution is -0.384. The van der Waals surface area contributed by atoms with E-state index < -0.39 is 4.92 Å². The lowest BCUT2D eigenvalue weighted by atomic mass is 10.2. The maximum absolute atomic E-state index is 12.5. The number of ether oxygens (including phenoxy) is 2. The highest BCUT2D eigenvalue weighted by Gasteiger charge is 2.15. The van der Waals surface area contributed by atoms with E-state index in [0.29, 0.717) is 22.9 Å². The molecule has 0 atom stereocenters. The first-order chi connectivity index (χ1) is 13.1. The number of methoxy groups -OCH3 is 1. The minimum atomic E-state index is -0.490.